The Hall–Kier alpha value is -1.95. The lowest BCUT2D eigenvalue weighted by atomic mass is 9.89. The van der Waals surface area contributed by atoms with Crippen molar-refractivity contribution in [2.75, 3.05) is 20.1 Å². The zero-order valence-electron chi connectivity index (χ0n) is 12.1. The monoisotopic (exact) mass is 294 g/mol. The van der Waals surface area contributed by atoms with Gasteiger partial charge < -0.3 is 10.4 Å². The van der Waals surface area contributed by atoms with Gasteiger partial charge in [0.2, 0.25) is 5.91 Å². The first-order chi connectivity index (χ1) is 9.85. The first-order valence-corrected chi connectivity index (χ1v) is 6.82. The predicted octanol–water partition coefficient (Wildman–Crippen LogP) is 1.48. The zero-order valence-corrected chi connectivity index (χ0v) is 12.1. The molecule has 2 rings (SSSR count). The third-order valence-corrected chi connectivity index (χ3v) is 4.01. The molecule has 0 aliphatic carbocycles. The highest BCUT2D eigenvalue weighted by Crippen LogP contribution is 2.31. The lowest BCUT2D eigenvalue weighted by Crippen LogP contribution is -2.39. The average molecular weight is 294 g/mol. The number of carboxylic acids is 1. The van der Waals surface area contributed by atoms with Crippen LogP contribution in [0.4, 0.5) is 4.39 Å². The van der Waals surface area contributed by atoms with Crippen molar-refractivity contribution in [2.45, 2.75) is 19.9 Å². The number of carboxylic acid groups (broad SMARTS) is 1. The number of amides is 1. The summed E-state index contributed by atoms with van der Waals surface area (Å²) in [6.07, 6.45) is 0.701. The van der Waals surface area contributed by atoms with E-state index in [4.69, 9.17) is 5.11 Å². The molecular weight excluding hydrogens is 275 g/mol. The van der Waals surface area contributed by atoms with Crippen LogP contribution >= 0.6 is 0 Å². The minimum absolute atomic E-state index is 0.0234. The smallest absolute Gasteiger partial charge is 0.335 e. The summed E-state index contributed by atoms with van der Waals surface area (Å²) in [7, 11) is 1.60. The Balaban J connectivity index is 2.12. The highest BCUT2D eigenvalue weighted by Gasteiger charge is 2.39. The summed E-state index contributed by atoms with van der Waals surface area (Å²) >= 11 is 0. The van der Waals surface area contributed by atoms with Crippen LogP contribution in [0.25, 0.3) is 0 Å². The van der Waals surface area contributed by atoms with Crippen molar-refractivity contribution in [1.29, 1.82) is 0 Å². The van der Waals surface area contributed by atoms with Gasteiger partial charge in [-0.3, -0.25) is 9.69 Å². The molecule has 5 nitrogen and oxygen atoms in total. The minimum atomic E-state index is -1.08. The molecule has 1 unspecified atom stereocenters. The molecule has 114 valence electrons. The number of hydrogen-bond donors (Lipinski definition) is 2. The van der Waals surface area contributed by atoms with Crippen molar-refractivity contribution in [3.8, 4) is 0 Å². The molecule has 1 aliphatic rings. The second-order valence-electron chi connectivity index (χ2n) is 5.71. The Labute approximate surface area is 122 Å². The molecule has 21 heavy (non-hydrogen) atoms. The van der Waals surface area contributed by atoms with Crippen LogP contribution in [-0.4, -0.2) is 42.0 Å². The molecule has 1 aliphatic heterocycles. The molecule has 0 bridgehead atoms. The maximum absolute atomic E-state index is 13.8. The lowest BCUT2D eigenvalue weighted by Gasteiger charge is -2.23. The predicted molar refractivity (Wildman–Crippen MR) is 75.4 cm³/mol. The number of benzene rings is 1. The molecule has 0 spiro atoms. The van der Waals surface area contributed by atoms with Crippen LogP contribution in [-0.2, 0) is 11.3 Å². The Morgan fingerprint density at radius 1 is 1.48 bits per heavy atom. The number of nitrogens with one attached hydrogen (secondary N) is 1. The summed E-state index contributed by atoms with van der Waals surface area (Å²) in [5, 5.41) is 11.6. The minimum Gasteiger partial charge on any atom is -0.478 e. The molecular formula is C15H19FN2O3. The van der Waals surface area contributed by atoms with Crippen LogP contribution in [0.2, 0.25) is 0 Å². The first kappa shape index (κ1) is 15.4. The Bertz CT molecular complexity index is 576. The molecule has 0 aromatic heterocycles. The highest BCUT2D eigenvalue weighted by atomic mass is 19.1. The third kappa shape index (κ3) is 3.21. The van der Waals surface area contributed by atoms with E-state index >= 15 is 0 Å². The molecule has 1 saturated heterocycles. The second kappa shape index (κ2) is 5.81. The van der Waals surface area contributed by atoms with Crippen LogP contribution in [0.3, 0.4) is 0 Å². The number of rotatable bonds is 4. The van der Waals surface area contributed by atoms with Gasteiger partial charge in [0.15, 0.2) is 0 Å². The number of carbonyl (C=O) groups is 2. The van der Waals surface area contributed by atoms with Crippen molar-refractivity contribution in [3.63, 3.8) is 0 Å². The molecule has 1 aromatic carbocycles. The van der Waals surface area contributed by atoms with Crippen molar-refractivity contribution in [3.05, 3.63) is 35.1 Å². The van der Waals surface area contributed by atoms with Gasteiger partial charge in [0.05, 0.1) is 11.0 Å². The van der Waals surface area contributed by atoms with Gasteiger partial charge in [0, 0.05) is 25.7 Å². The molecule has 1 fully saturated rings. The standard InChI is InChI=1S/C15H19FN2O3/c1-15(14(21)17-2)5-6-18(9-15)8-11-7-10(13(19)20)3-4-12(11)16/h3-4,7H,5-6,8-9H2,1-2H3,(H,17,21)(H,19,20). The number of aromatic carboxylic acids is 1. The van der Waals surface area contributed by atoms with E-state index in [1.54, 1.807) is 7.05 Å². The fourth-order valence-corrected chi connectivity index (χ4v) is 2.75. The Morgan fingerprint density at radius 3 is 2.81 bits per heavy atom. The highest BCUT2D eigenvalue weighted by molar-refractivity contribution is 5.87. The molecule has 0 radical (unpaired) electrons. The van der Waals surface area contributed by atoms with Gasteiger partial charge in [0.25, 0.3) is 0 Å². The number of likely N-dealkylation sites (tertiary alicyclic amines) is 1. The Kier molecular flexibility index (Phi) is 4.27. The first-order valence-electron chi connectivity index (χ1n) is 6.82. The van der Waals surface area contributed by atoms with Crippen molar-refractivity contribution in [1.82, 2.24) is 10.2 Å². The molecule has 2 N–H and O–H groups in total. The molecule has 0 saturated carbocycles. The van der Waals surface area contributed by atoms with Crippen LogP contribution in [0.1, 0.15) is 29.3 Å². The number of hydrogen-bond acceptors (Lipinski definition) is 3. The number of nitrogens with zero attached hydrogens (tertiary/aromatic N) is 1. The molecule has 6 heteroatoms. The summed E-state index contributed by atoms with van der Waals surface area (Å²) in [5.41, 5.74) is -0.0639. The van der Waals surface area contributed by atoms with Crippen molar-refractivity contribution >= 4 is 11.9 Å². The van der Waals surface area contributed by atoms with Gasteiger partial charge in [0.1, 0.15) is 5.82 Å². The van der Waals surface area contributed by atoms with E-state index in [0.717, 1.165) is 0 Å². The van der Waals surface area contributed by atoms with Crippen LogP contribution < -0.4 is 5.32 Å². The van der Waals surface area contributed by atoms with Gasteiger partial charge in [-0.25, -0.2) is 9.18 Å². The van der Waals surface area contributed by atoms with Gasteiger partial charge in [-0.05, 0) is 38.1 Å². The largest absolute Gasteiger partial charge is 0.478 e. The quantitative estimate of drug-likeness (QED) is 0.882. The van der Waals surface area contributed by atoms with Gasteiger partial charge in [-0.2, -0.15) is 0 Å². The van der Waals surface area contributed by atoms with E-state index in [2.05, 4.69) is 5.32 Å². The fourth-order valence-electron chi connectivity index (χ4n) is 2.75. The zero-order chi connectivity index (χ0) is 15.6. The summed E-state index contributed by atoms with van der Waals surface area (Å²) in [4.78, 5) is 24.8. The average Bonchev–Trinajstić information content (AvgIpc) is 2.82. The number of carbonyl (C=O) groups excluding carboxylic acids is 1. The van der Waals surface area contributed by atoms with Gasteiger partial charge >= 0.3 is 5.97 Å². The maximum Gasteiger partial charge on any atom is 0.335 e. The van der Waals surface area contributed by atoms with E-state index < -0.39 is 17.2 Å². The van der Waals surface area contributed by atoms with Crippen molar-refractivity contribution in [2.24, 2.45) is 5.41 Å². The van der Waals surface area contributed by atoms with E-state index in [-0.39, 0.29) is 11.5 Å². The molecule has 1 amide bonds. The van der Waals surface area contributed by atoms with Crippen molar-refractivity contribution < 1.29 is 19.1 Å². The second-order valence-corrected chi connectivity index (χ2v) is 5.71. The van der Waals surface area contributed by atoms with Gasteiger partial charge in [-0.1, -0.05) is 0 Å². The molecule has 1 aromatic rings. The van der Waals surface area contributed by atoms with Crippen LogP contribution in [0.15, 0.2) is 18.2 Å². The summed E-state index contributed by atoms with van der Waals surface area (Å²) in [6, 6.07) is 3.78. The summed E-state index contributed by atoms with van der Waals surface area (Å²) < 4.78 is 13.8. The van der Waals surface area contributed by atoms with E-state index in [1.165, 1.54) is 18.2 Å². The topological polar surface area (TPSA) is 69.6 Å². The van der Waals surface area contributed by atoms with Gasteiger partial charge in [-0.15, -0.1) is 0 Å². The number of halogens is 1. The SMILES string of the molecule is CNC(=O)C1(C)CCN(Cc2cc(C(=O)O)ccc2F)C1. The third-order valence-electron chi connectivity index (χ3n) is 4.01. The normalized spacial score (nSPS) is 22.2. The van der Waals surface area contributed by atoms with Crippen LogP contribution in [0.5, 0.6) is 0 Å². The van der Waals surface area contributed by atoms with E-state index in [0.29, 0.717) is 31.6 Å². The Morgan fingerprint density at radius 2 is 2.19 bits per heavy atom. The fraction of sp³-hybridized carbons (Fsp3) is 0.467. The summed E-state index contributed by atoms with van der Waals surface area (Å²) in [5.74, 6) is -1.52. The van der Waals surface area contributed by atoms with Crippen LogP contribution in [0, 0.1) is 11.2 Å². The summed E-state index contributed by atoms with van der Waals surface area (Å²) in [6.45, 7) is 3.40. The van der Waals surface area contributed by atoms with E-state index in [9.17, 15) is 14.0 Å². The lowest BCUT2D eigenvalue weighted by molar-refractivity contribution is -0.129. The molecule has 1 atom stereocenters. The maximum atomic E-state index is 13.8. The van der Waals surface area contributed by atoms with E-state index in [1.807, 2.05) is 11.8 Å². The molecule has 1 heterocycles.